The molecule has 0 aliphatic carbocycles. The van der Waals surface area contributed by atoms with Gasteiger partial charge in [0.05, 0.1) is 18.5 Å². The van der Waals surface area contributed by atoms with Gasteiger partial charge in [-0.3, -0.25) is 4.79 Å². The Morgan fingerprint density at radius 1 is 1.14 bits per heavy atom. The minimum Gasteiger partial charge on any atom is -0.493 e. The summed E-state index contributed by atoms with van der Waals surface area (Å²) in [4.78, 5) is 12.5. The molecule has 1 N–H and O–H groups in total. The number of nitrogens with one attached hydrogen (secondary N) is 1. The van der Waals surface area contributed by atoms with E-state index in [4.69, 9.17) is 4.74 Å². The number of hydrogen-bond donors (Lipinski definition) is 1. The van der Waals surface area contributed by atoms with Crippen molar-refractivity contribution >= 4 is 11.7 Å². The van der Waals surface area contributed by atoms with Crippen molar-refractivity contribution in [2.45, 2.75) is 39.0 Å². The summed E-state index contributed by atoms with van der Waals surface area (Å²) >= 11 is 0. The molecular formula is C23H25N3O2. The number of unbranched alkanes of at least 4 members (excludes halogenated alkanes) is 1. The van der Waals surface area contributed by atoms with E-state index < -0.39 is 0 Å². The molecule has 28 heavy (non-hydrogen) atoms. The minimum absolute atomic E-state index is 0.00489. The highest BCUT2D eigenvalue weighted by Gasteiger charge is 2.32. The Hall–Kier alpha value is -3.08. The molecule has 1 aromatic heterocycles. The van der Waals surface area contributed by atoms with Crippen LogP contribution >= 0.6 is 0 Å². The van der Waals surface area contributed by atoms with E-state index in [2.05, 4.69) is 30.3 Å². The first kappa shape index (κ1) is 18.3. The predicted octanol–water partition coefficient (Wildman–Crippen LogP) is 4.83. The molecular weight excluding hydrogens is 350 g/mol. The van der Waals surface area contributed by atoms with Gasteiger partial charge >= 0.3 is 0 Å². The number of fused-ring (bicyclic) bond motifs is 1. The Morgan fingerprint density at radius 2 is 1.93 bits per heavy atom. The molecule has 4 rings (SSSR count). The summed E-state index contributed by atoms with van der Waals surface area (Å²) in [5, 5.41) is 7.59. The molecule has 1 atom stereocenters. The van der Waals surface area contributed by atoms with Crippen LogP contribution in [-0.4, -0.2) is 22.3 Å². The van der Waals surface area contributed by atoms with Crippen molar-refractivity contribution in [3.05, 3.63) is 71.4 Å². The van der Waals surface area contributed by atoms with Crippen LogP contribution in [-0.2, 0) is 4.79 Å². The smallest absolute Gasteiger partial charge is 0.226 e. The van der Waals surface area contributed by atoms with Gasteiger partial charge in [0.2, 0.25) is 5.91 Å². The van der Waals surface area contributed by atoms with Gasteiger partial charge in [0.1, 0.15) is 11.6 Å². The number of ether oxygens (including phenoxy) is 1. The maximum Gasteiger partial charge on any atom is 0.226 e. The fourth-order valence-electron chi connectivity index (χ4n) is 3.61. The van der Waals surface area contributed by atoms with Gasteiger partial charge in [-0.2, -0.15) is 5.10 Å². The summed E-state index contributed by atoms with van der Waals surface area (Å²) < 4.78 is 7.83. The largest absolute Gasteiger partial charge is 0.493 e. The summed E-state index contributed by atoms with van der Waals surface area (Å²) in [7, 11) is 0. The number of hydrogen-bond acceptors (Lipinski definition) is 3. The lowest BCUT2D eigenvalue weighted by Gasteiger charge is -2.25. The van der Waals surface area contributed by atoms with Gasteiger partial charge in [-0.25, -0.2) is 4.68 Å². The second-order valence-electron chi connectivity index (χ2n) is 7.24. The van der Waals surface area contributed by atoms with Crippen molar-refractivity contribution in [1.29, 1.82) is 0 Å². The van der Waals surface area contributed by atoms with Gasteiger partial charge in [0.25, 0.3) is 0 Å². The second-order valence-corrected chi connectivity index (χ2v) is 7.24. The van der Waals surface area contributed by atoms with E-state index in [1.54, 1.807) is 4.68 Å². The van der Waals surface area contributed by atoms with Gasteiger partial charge in [0.15, 0.2) is 0 Å². The fourth-order valence-corrected chi connectivity index (χ4v) is 3.61. The number of aryl methyl sites for hydroxylation is 1. The van der Waals surface area contributed by atoms with E-state index in [1.165, 1.54) is 5.56 Å². The molecule has 0 saturated heterocycles. The first-order valence-corrected chi connectivity index (χ1v) is 9.84. The first-order chi connectivity index (χ1) is 13.7. The Kier molecular flexibility index (Phi) is 5.15. The Morgan fingerprint density at radius 3 is 2.71 bits per heavy atom. The number of nitrogens with zero attached hydrogens (tertiary/aromatic N) is 2. The van der Waals surface area contributed by atoms with Gasteiger partial charge in [-0.1, -0.05) is 49.2 Å². The summed E-state index contributed by atoms with van der Waals surface area (Å²) in [6.07, 6.45) is 4.35. The van der Waals surface area contributed by atoms with Gasteiger partial charge in [-0.15, -0.1) is 0 Å². The molecule has 1 aliphatic rings. The summed E-state index contributed by atoms with van der Waals surface area (Å²) in [5.74, 6) is 1.52. The molecule has 0 unspecified atom stereocenters. The van der Waals surface area contributed by atoms with Crippen LogP contribution in [0.2, 0.25) is 0 Å². The quantitative estimate of drug-likeness (QED) is 0.628. The van der Waals surface area contributed by atoms with E-state index in [0.717, 1.165) is 41.2 Å². The van der Waals surface area contributed by atoms with Crippen LogP contribution in [0.15, 0.2) is 54.7 Å². The molecule has 1 aliphatic heterocycles. The lowest BCUT2D eigenvalue weighted by atomic mass is 9.87. The zero-order valence-corrected chi connectivity index (χ0v) is 16.3. The highest BCUT2D eigenvalue weighted by atomic mass is 16.5. The second kappa shape index (κ2) is 7.89. The molecule has 0 radical (unpaired) electrons. The maximum atomic E-state index is 12.5. The third kappa shape index (κ3) is 3.52. The zero-order chi connectivity index (χ0) is 19.5. The molecule has 5 nitrogen and oxygen atoms in total. The molecule has 5 heteroatoms. The van der Waals surface area contributed by atoms with Crippen molar-refractivity contribution in [2.75, 3.05) is 11.9 Å². The average molecular weight is 375 g/mol. The van der Waals surface area contributed by atoms with Crippen molar-refractivity contribution in [3.8, 4) is 11.4 Å². The number of anilines is 1. The SMILES string of the molecule is CCCCOc1ccccc1[C@H]1CC(=O)Nc2c1cnn2-c1ccc(C)cc1. The molecule has 0 spiro atoms. The predicted molar refractivity (Wildman–Crippen MR) is 110 cm³/mol. The Balaban J connectivity index is 1.73. The minimum atomic E-state index is -0.0687. The Bertz CT molecular complexity index is 976. The Labute approximate surface area is 165 Å². The lowest BCUT2D eigenvalue weighted by Crippen LogP contribution is -2.25. The lowest BCUT2D eigenvalue weighted by molar-refractivity contribution is -0.116. The maximum absolute atomic E-state index is 12.5. The first-order valence-electron chi connectivity index (χ1n) is 9.84. The molecule has 144 valence electrons. The third-order valence-electron chi connectivity index (χ3n) is 5.15. The highest BCUT2D eigenvalue weighted by molar-refractivity contribution is 5.94. The average Bonchev–Trinajstić information content (AvgIpc) is 3.12. The van der Waals surface area contributed by atoms with E-state index in [1.807, 2.05) is 48.7 Å². The number of amides is 1. The van der Waals surface area contributed by atoms with E-state index in [0.29, 0.717) is 13.0 Å². The van der Waals surface area contributed by atoms with E-state index in [-0.39, 0.29) is 11.8 Å². The normalized spacial score (nSPS) is 15.8. The van der Waals surface area contributed by atoms with Crippen LogP contribution in [0.4, 0.5) is 5.82 Å². The van der Waals surface area contributed by atoms with Gasteiger partial charge in [0, 0.05) is 23.5 Å². The van der Waals surface area contributed by atoms with Crippen molar-refractivity contribution in [2.24, 2.45) is 0 Å². The van der Waals surface area contributed by atoms with Crippen LogP contribution in [0, 0.1) is 6.92 Å². The molecule has 2 heterocycles. The molecule has 1 amide bonds. The van der Waals surface area contributed by atoms with Crippen LogP contribution in [0.1, 0.15) is 48.8 Å². The molecule has 0 fully saturated rings. The van der Waals surface area contributed by atoms with Crippen LogP contribution in [0.25, 0.3) is 5.69 Å². The number of carbonyl (C=O) groups is 1. The van der Waals surface area contributed by atoms with Crippen LogP contribution < -0.4 is 10.1 Å². The number of aromatic nitrogens is 2. The van der Waals surface area contributed by atoms with Gasteiger partial charge < -0.3 is 10.1 Å². The fraction of sp³-hybridized carbons (Fsp3) is 0.304. The number of rotatable bonds is 6. The van der Waals surface area contributed by atoms with E-state index >= 15 is 0 Å². The third-order valence-corrected chi connectivity index (χ3v) is 5.15. The zero-order valence-electron chi connectivity index (χ0n) is 16.3. The summed E-state index contributed by atoms with van der Waals surface area (Å²) in [5.41, 5.74) is 4.18. The van der Waals surface area contributed by atoms with Crippen molar-refractivity contribution in [1.82, 2.24) is 9.78 Å². The number of carbonyl (C=O) groups excluding carboxylic acids is 1. The van der Waals surface area contributed by atoms with E-state index in [9.17, 15) is 4.79 Å². The standard InChI is InChI=1S/C23H25N3O2/c1-3-4-13-28-21-8-6-5-7-18(21)19-14-22(27)25-23-20(19)15-24-26(23)17-11-9-16(2)10-12-17/h5-12,15,19H,3-4,13-14H2,1-2H3,(H,25,27)/t19-/m1/s1. The van der Waals surface area contributed by atoms with Crippen molar-refractivity contribution in [3.63, 3.8) is 0 Å². The molecule has 2 aromatic carbocycles. The number of benzene rings is 2. The molecule has 0 saturated carbocycles. The van der Waals surface area contributed by atoms with Crippen LogP contribution in [0.5, 0.6) is 5.75 Å². The van der Waals surface area contributed by atoms with Crippen molar-refractivity contribution < 1.29 is 9.53 Å². The summed E-state index contributed by atoms with van der Waals surface area (Å²) in [6.45, 7) is 4.88. The molecule has 3 aromatic rings. The monoisotopic (exact) mass is 375 g/mol. The topological polar surface area (TPSA) is 56.1 Å². The highest BCUT2D eigenvalue weighted by Crippen LogP contribution is 2.41. The molecule has 0 bridgehead atoms. The summed E-state index contributed by atoms with van der Waals surface area (Å²) in [6, 6.07) is 16.1. The van der Waals surface area contributed by atoms with Crippen LogP contribution in [0.3, 0.4) is 0 Å². The van der Waals surface area contributed by atoms with Gasteiger partial charge in [-0.05, 0) is 31.5 Å². The number of para-hydroxylation sites is 1.